The molecule has 7 nitrogen and oxygen atoms in total. The largest absolute Gasteiger partial charge is 0.457 e. The number of aromatic nitrogens is 2. The van der Waals surface area contributed by atoms with Gasteiger partial charge in [0.05, 0.1) is 22.7 Å². The summed E-state index contributed by atoms with van der Waals surface area (Å²) in [6.07, 6.45) is 2.40. The molecule has 0 radical (unpaired) electrons. The molecule has 1 aliphatic heterocycles. The van der Waals surface area contributed by atoms with Gasteiger partial charge < -0.3 is 19.5 Å². The van der Waals surface area contributed by atoms with Crippen molar-refractivity contribution in [2.24, 2.45) is 30.2 Å². The van der Waals surface area contributed by atoms with Crippen LogP contribution in [0.15, 0.2) is 18.2 Å². The fourth-order valence-electron chi connectivity index (χ4n) is 6.08. The quantitative estimate of drug-likeness (QED) is 0.476. The smallest absolute Gasteiger partial charge is 0.306 e. The van der Waals surface area contributed by atoms with E-state index in [1.165, 1.54) is 0 Å². The van der Waals surface area contributed by atoms with Crippen molar-refractivity contribution in [1.29, 1.82) is 0 Å². The normalized spacial score (nSPS) is 32.3. The minimum atomic E-state index is -0.962. The highest BCUT2D eigenvalue weighted by Crippen LogP contribution is 2.38. The van der Waals surface area contributed by atoms with E-state index in [4.69, 9.17) is 4.74 Å². The van der Waals surface area contributed by atoms with Crippen LogP contribution in [0.25, 0.3) is 11.0 Å². The van der Waals surface area contributed by atoms with E-state index >= 15 is 0 Å². The zero-order chi connectivity index (χ0) is 28.4. The maximum Gasteiger partial charge on any atom is 0.306 e. The Labute approximate surface area is 228 Å². The molecule has 1 aliphatic rings. The van der Waals surface area contributed by atoms with Crippen LogP contribution >= 0.6 is 0 Å². The maximum absolute atomic E-state index is 13.3. The number of cyclic esters (lactones) is 1. The third-order valence-electron chi connectivity index (χ3n) is 9.12. The van der Waals surface area contributed by atoms with Gasteiger partial charge in [0.2, 0.25) is 0 Å². The van der Waals surface area contributed by atoms with Crippen molar-refractivity contribution in [1.82, 2.24) is 9.55 Å². The molecule has 6 atom stereocenters. The van der Waals surface area contributed by atoms with Crippen LogP contribution in [0.1, 0.15) is 104 Å². The summed E-state index contributed by atoms with van der Waals surface area (Å²) in [5, 5.41) is 22.4. The predicted molar refractivity (Wildman–Crippen MR) is 150 cm³/mol. The number of ether oxygens (including phenoxy) is 1. The van der Waals surface area contributed by atoms with Crippen molar-refractivity contribution in [3.8, 4) is 0 Å². The summed E-state index contributed by atoms with van der Waals surface area (Å²) in [5.41, 5.74) is 0.997. The van der Waals surface area contributed by atoms with Crippen molar-refractivity contribution in [2.75, 3.05) is 0 Å². The SMILES string of the molecule is CC[C@H]1C[C@@H](c2ccc3c(c2)nc(C)n3C)OC(=O)CCC(C)(C)C(=O)[C@H](C)[C@@H](O)[C@@H](C)CCC[C@@]1(C)O. The molecule has 0 saturated carbocycles. The van der Waals surface area contributed by atoms with E-state index in [1.807, 2.05) is 64.4 Å². The van der Waals surface area contributed by atoms with E-state index in [0.717, 1.165) is 41.7 Å². The molecular weight excluding hydrogens is 480 g/mol. The first-order valence-corrected chi connectivity index (χ1v) is 14.2. The van der Waals surface area contributed by atoms with Crippen LogP contribution in [-0.4, -0.2) is 43.2 Å². The summed E-state index contributed by atoms with van der Waals surface area (Å²) in [7, 11) is 1.98. The fraction of sp³-hybridized carbons (Fsp3) is 0.710. The van der Waals surface area contributed by atoms with Gasteiger partial charge in [0, 0.05) is 24.8 Å². The molecule has 0 unspecified atom stereocenters. The first-order valence-electron chi connectivity index (χ1n) is 14.2. The summed E-state index contributed by atoms with van der Waals surface area (Å²) in [6.45, 7) is 13.3. The first kappa shape index (κ1) is 30.3. The first-order chi connectivity index (χ1) is 17.7. The number of carbonyl (C=O) groups is 2. The van der Waals surface area contributed by atoms with Crippen LogP contribution in [0.3, 0.4) is 0 Å². The van der Waals surface area contributed by atoms with Crippen LogP contribution in [0, 0.1) is 30.1 Å². The number of benzene rings is 1. The Kier molecular flexibility index (Phi) is 9.46. The van der Waals surface area contributed by atoms with Gasteiger partial charge >= 0.3 is 5.97 Å². The third kappa shape index (κ3) is 6.66. The van der Waals surface area contributed by atoms with Crippen LogP contribution in [0.5, 0.6) is 0 Å². The standard InChI is InChI=1S/C31H48N2O5/c1-9-23-18-26(22-12-13-25-24(17-22)32-21(4)33(25)8)38-27(34)14-16-30(5,6)29(36)20(3)28(35)19(2)11-10-15-31(23,7)37/h12-13,17,19-20,23,26,28,35,37H,9-11,14-16,18H2,1-8H3/t19-,20+,23-,26-,28-,31+/m0/s1. The minimum absolute atomic E-state index is 0.0395. The maximum atomic E-state index is 13.3. The molecule has 212 valence electrons. The number of aryl methyl sites for hydroxylation is 2. The molecule has 1 aromatic heterocycles. The summed E-state index contributed by atoms with van der Waals surface area (Å²) in [6, 6.07) is 5.98. The average Bonchev–Trinajstić information content (AvgIpc) is 3.15. The van der Waals surface area contributed by atoms with E-state index < -0.39 is 29.1 Å². The Morgan fingerprint density at radius 3 is 2.50 bits per heavy atom. The highest BCUT2D eigenvalue weighted by Gasteiger charge is 2.38. The molecular formula is C31H48N2O5. The Bertz CT molecular complexity index is 1130. The van der Waals surface area contributed by atoms with Gasteiger partial charge in [-0.15, -0.1) is 0 Å². The summed E-state index contributed by atoms with van der Waals surface area (Å²) in [5.74, 6) is -0.193. The number of imidazole rings is 1. The van der Waals surface area contributed by atoms with Crippen LogP contribution in [-0.2, 0) is 21.4 Å². The van der Waals surface area contributed by atoms with Crippen molar-refractivity contribution >= 4 is 22.8 Å². The van der Waals surface area contributed by atoms with Gasteiger partial charge in [-0.3, -0.25) is 9.59 Å². The lowest BCUT2D eigenvalue weighted by atomic mass is 9.74. The monoisotopic (exact) mass is 528 g/mol. The van der Waals surface area contributed by atoms with E-state index in [2.05, 4.69) is 11.9 Å². The number of aliphatic hydroxyl groups excluding tert-OH is 1. The Hall–Kier alpha value is -2.25. The van der Waals surface area contributed by atoms with Gasteiger partial charge in [-0.25, -0.2) is 4.98 Å². The van der Waals surface area contributed by atoms with Gasteiger partial charge in [0.1, 0.15) is 17.7 Å². The van der Waals surface area contributed by atoms with Crippen LogP contribution in [0.4, 0.5) is 0 Å². The van der Waals surface area contributed by atoms with Gasteiger partial charge in [-0.05, 0) is 69.1 Å². The summed E-state index contributed by atoms with van der Waals surface area (Å²) < 4.78 is 8.13. The topological polar surface area (TPSA) is 102 Å². The molecule has 0 aliphatic carbocycles. The van der Waals surface area contributed by atoms with Crippen LogP contribution in [0.2, 0.25) is 0 Å². The molecule has 1 fully saturated rings. The molecule has 2 N–H and O–H groups in total. The van der Waals surface area contributed by atoms with Gasteiger partial charge in [-0.1, -0.05) is 53.5 Å². The molecule has 3 rings (SSSR count). The number of hydrogen-bond acceptors (Lipinski definition) is 6. The third-order valence-corrected chi connectivity index (χ3v) is 9.12. The number of Topliss-reactive ketones (excluding diaryl/α,β-unsaturated/α-hetero) is 1. The molecule has 0 amide bonds. The van der Waals surface area contributed by atoms with Crippen molar-refractivity contribution < 1.29 is 24.5 Å². The van der Waals surface area contributed by atoms with Crippen molar-refractivity contribution in [2.45, 2.75) is 111 Å². The Balaban J connectivity index is 1.96. The zero-order valence-electron chi connectivity index (χ0n) is 24.6. The molecule has 7 heteroatoms. The number of ketones is 1. The van der Waals surface area contributed by atoms with E-state index in [1.54, 1.807) is 6.92 Å². The van der Waals surface area contributed by atoms with E-state index in [-0.39, 0.29) is 30.0 Å². The lowest BCUT2D eigenvalue weighted by molar-refractivity contribution is -0.153. The molecule has 2 heterocycles. The van der Waals surface area contributed by atoms with Crippen LogP contribution < -0.4 is 0 Å². The Morgan fingerprint density at radius 2 is 1.84 bits per heavy atom. The van der Waals surface area contributed by atoms with E-state index in [9.17, 15) is 19.8 Å². The molecule has 1 aromatic carbocycles. The highest BCUT2D eigenvalue weighted by atomic mass is 16.5. The molecule has 0 spiro atoms. The minimum Gasteiger partial charge on any atom is -0.457 e. The second kappa shape index (κ2) is 11.9. The van der Waals surface area contributed by atoms with Crippen molar-refractivity contribution in [3.05, 3.63) is 29.6 Å². The fourth-order valence-corrected chi connectivity index (χ4v) is 6.08. The number of hydrogen-bond donors (Lipinski definition) is 2. The summed E-state index contributed by atoms with van der Waals surface area (Å²) >= 11 is 0. The highest BCUT2D eigenvalue weighted by molar-refractivity contribution is 5.87. The van der Waals surface area contributed by atoms with Gasteiger partial charge in [0.15, 0.2) is 0 Å². The van der Waals surface area contributed by atoms with E-state index in [0.29, 0.717) is 19.3 Å². The molecule has 38 heavy (non-hydrogen) atoms. The average molecular weight is 529 g/mol. The second-order valence-electron chi connectivity index (χ2n) is 12.5. The Morgan fingerprint density at radius 1 is 1.16 bits per heavy atom. The predicted octanol–water partition coefficient (Wildman–Crippen LogP) is 5.83. The number of fused-ring (bicyclic) bond motifs is 1. The lowest BCUT2D eigenvalue weighted by Gasteiger charge is -2.36. The molecule has 0 bridgehead atoms. The second-order valence-corrected chi connectivity index (χ2v) is 12.5. The number of aliphatic hydroxyl groups is 2. The molecule has 2 aromatic rings. The van der Waals surface area contributed by atoms with Gasteiger partial charge in [0.25, 0.3) is 0 Å². The number of carbonyl (C=O) groups excluding carboxylic acids is 2. The molecule has 1 saturated heterocycles. The number of rotatable bonds is 2. The lowest BCUT2D eigenvalue weighted by Crippen LogP contribution is -2.40. The van der Waals surface area contributed by atoms with Crippen molar-refractivity contribution in [3.63, 3.8) is 0 Å². The number of nitrogens with zero attached hydrogens (tertiary/aromatic N) is 2. The zero-order valence-corrected chi connectivity index (χ0v) is 24.6. The summed E-state index contributed by atoms with van der Waals surface area (Å²) in [4.78, 5) is 31.1. The number of esters is 1. The van der Waals surface area contributed by atoms with Gasteiger partial charge in [-0.2, -0.15) is 0 Å².